The Bertz CT molecular complexity index is 1830. The summed E-state index contributed by atoms with van der Waals surface area (Å²) in [6.07, 6.45) is 6.58. The number of halogens is 2. The molecule has 2 amide bonds. The number of hydrogen-bond donors (Lipinski definition) is 2. The first-order chi connectivity index (χ1) is 23.1. The third-order valence-corrected chi connectivity index (χ3v) is 11.1. The molecule has 0 unspecified atom stereocenters. The number of likely N-dealkylation sites (tertiary alicyclic amines) is 2. The number of hydrogen-bond acceptors (Lipinski definition) is 8. The van der Waals surface area contributed by atoms with Crippen LogP contribution in [0.1, 0.15) is 48.5 Å². The lowest BCUT2D eigenvalue weighted by molar-refractivity contribution is -0.121. The van der Waals surface area contributed by atoms with Crippen LogP contribution in [0.15, 0.2) is 48.8 Å². The van der Waals surface area contributed by atoms with Crippen LogP contribution in [-0.2, 0) is 22.7 Å². The quantitative estimate of drug-likeness (QED) is 0.276. The molecule has 4 aromatic rings. The molecule has 2 aromatic carbocycles. The first-order valence-electron chi connectivity index (χ1n) is 16.4. The van der Waals surface area contributed by atoms with Gasteiger partial charge in [-0.15, -0.1) is 0 Å². The Balaban J connectivity index is 0.990. The maximum absolute atomic E-state index is 11.7. The lowest BCUT2D eigenvalue weighted by atomic mass is 9.88. The highest BCUT2D eigenvalue weighted by molar-refractivity contribution is 6.39. The van der Waals surface area contributed by atoms with Crippen molar-refractivity contribution >= 4 is 35.0 Å². The summed E-state index contributed by atoms with van der Waals surface area (Å²) in [6, 6.07) is 11.7. The van der Waals surface area contributed by atoms with Gasteiger partial charge in [0.15, 0.2) is 0 Å². The van der Waals surface area contributed by atoms with Gasteiger partial charge in [-0.2, -0.15) is 0 Å². The molecule has 4 aliphatic rings. The highest BCUT2D eigenvalue weighted by atomic mass is 35.5. The summed E-state index contributed by atoms with van der Waals surface area (Å²) in [5.74, 6) is 0.295. The summed E-state index contributed by atoms with van der Waals surface area (Å²) in [7, 11) is 0. The standard InChI is InChI=1S/C36H36Cl2N8O2/c1-21-29(15-45-17-35(18-45)11-9-31(47)43-35)39-13-27(41-21)25-7-3-5-23(33(25)37)24-6-4-8-26(34(24)38)28-14-40-30(22(2)42-28)16-46-19-36(20-46)12-10-32(48)44-36/h3-8,13-14H,9-12,15-20H2,1-2H3,(H,43,47)(H,44,48). The van der Waals surface area contributed by atoms with Gasteiger partial charge in [0, 0.05) is 74.4 Å². The Morgan fingerprint density at radius 2 is 1.06 bits per heavy atom. The first kappa shape index (κ1) is 31.3. The highest BCUT2D eigenvalue weighted by Crippen LogP contribution is 2.42. The lowest BCUT2D eigenvalue weighted by Crippen LogP contribution is -2.66. The van der Waals surface area contributed by atoms with E-state index in [1.54, 1.807) is 12.4 Å². The second-order valence-corrected chi connectivity index (χ2v) is 14.6. The molecule has 48 heavy (non-hydrogen) atoms. The van der Waals surface area contributed by atoms with E-state index in [1.807, 2.05) is 50.2 Å². The van der Waals surface area contributed by atoms with Crippen molar-refractivity contribution in [1.82, 2.24) is 40.4 Å². The van der Waals surface area contributed by atoms with Gasteiger partial charge in [-0.25, -0.2) is 9.97 Å². The third kappa shape index (κ3) is 5.64. The zero-order valence-corrected chi connectivity index (χ0v) is 28.5. The molecule has 4 fully saturated rings. The summed E-state index contributed by atoms with van der Waals surface area (Å²) < 4.78 is 0. The van der Waals surface area contributed by atoms with Crippen molar-refractivity contribution in [3.63, 3.8) is 0 Å². The van der Waals surface area contributed by atoms with Crippen LogP contribution >= 0.6 is 23.2 Å². The van der Waals surface area contributed by atoms with E-state index >= 15 is 0 Å². The molecule has 0 saturated carbocycles. The second-order valence-electron chi connectivity index (χ2n) is 13.9. The number of aryl methyl sites for hydroxylation is 2. The van der Waals surface area contributed by atoms with Crippen molar-refractivity contribution in [2.45, 2.75) is 63.7 Å². The fraction of sp³-hybridized carbons (Fsp3) is 0.389. The van der Waals surface area contributed by atoms with Crippen LogP contribution in [-0.4, -0.2) is 78.8 Å². The molecule has 0 aliphatic carbocycles. The minimum absolute atomic E-state index is 0.0607. The van der Waals surface area contributed by atoms with Crippen molar-refractivity contribution in [3.05, 3.63) is 81.6 Å². The minimum Gasteiger partial charge on any atom is -0.348 e. The first-order valence-corrected chi connectivity index (χ1v) is 17.1. The number of nitrogens with one attached hydrogen (secondary N) is 2. The maximum Gasteiger partial charge on any atom is 0.220 e. The number of amides is 2. The largest absolute Gasteiger partial charge is 0.348 e. The number of carbonyl (C=O) groups excluding carboxylic acids is 2. The van der Waals surface area contributed by atoms with Crippen LogP contribution < -0.4 is 10.6 Å². The van der Waals surface area contributed by atoms with Crippen LogP contribution in [0.5, 0.6) is 0 Å². The van der Waals surface area contributed by atoms with Crippen molar-refractivity contribution < 1.29 is 9.59 Å². The summed E-state index contributed by atoms with van der Waals surface area (Å²) in [4.78, 5) is 47.3. The van der Waals surface area contributed by atoms with Gasteiger partial charge in [-0.3, -0.25) is 29.4 Å². The molecule has 4 saturated heterocycles. The van der Waals surface area contributed by atoms with Crippen LogP contribution in [0, 0.1) is 13.8 Å². The van der Waals surface area contributed by atoms with E-state index < -0.39 is 0 Å². The van der Waals surface area contributed by atoms with Gasteiger partial charge in [-0.05, 0) is 26.7 Å². The predicted molar refractivity (Wildman–Crippen MR) is 184 cm³/mol. The summed E-state index contributed by atoms with van der Waals surface area (Å²) in [6.45, 7) is 8.68. The number of benzene rings is 2. The number of carbonyl (C=O) groups is 2. The molecular formula is C36H36Cl2N8O2. The average Bonchev–Trinajstić information content (AvgIpc) is 3.62. The molecule has 0 atom stereocenters. The summed E-state index contributed by atoms with van der Waals surface area (Å²) >= 11 is 14.2. The van der Waals surface area contributed by atoms with Crippen molar-refractivity contribution in [2.24, 2.45) is 0 Å². The predicted octanol–water partition coefficient (Wildman–Crippen LogP) is 5.12. The number of rotatable bonds is 7. The topological polar surface area (TPSA) is 116 Å². The van der Waals surface area contributed by atoms with Crippen molar-refractivity contribution in [3.8, 4) is 33.6 Å². The third-order valence-electron chi connectivity index (χ3n) is 10.3. The smallest absolute Gasteiger partial charge is 0.220 e. The Morgan fingerprint density at radius 1 is 0.667 bits per heavy atom. The SMILES string of the molecule is Cc1nc(-c2cccc(-c3cccc(-c4cnc(CN5CC6(CCC(=O)N6)C5)c(C)n4)c3Cl)c2Cl)cnc1CN1CC2(CCC(=O)N2)C1. The van der Waals surface area contributed by atoms with E-state index in [1.165, 1.54) is 0 Å². The summed E-state index contributed by atoms with van der Waals surface area (Å²) in [5.41, 5.74) is 7.94. The zero-order valence-electron chi connectivity index (χ0n) is 26.9. The number of aromatic nitrogens is 4. The van der Waals surface area contributed by atoms with Gasteiger partial charge in [0.2, 0.25) is 11.8 Å². The van der Waals surface area contributed by atoms with Crippen LogP contribution in [0.25, 0.3) is 33.6 Å². The Morgan fingerprint density at radius 3 is 1.42 bits per heavy atom. The van der Waals surface area contributed by atoms with Gasteiger partial charge in [-0.1, -0.05) is 59.6 Å². The fourth-order valence-electron chi connectivity index (χ4n) is 7.75. The molecule has 4 aliphatic heterocycles. The van der Waals surface area contributed by atoms with Gasteiger partial charge in [0.05, 0.1) is 67.7 Å². The van der Waals surface area contributed by atoms with Gasteiger partial charge in [0.1, 0.15) is 0 Å². The molecule has 8 rings (SSSR count). The van der Waals surface area contributed by atoms with Crippen molar-refractivity contribution in [1.29, 1.82) is 0 Å². The van der Waals surface area contributed by atoms with E-state index in [-0.39, 0.29) is 22.9 Å². The van der Waals surface area contributed by atoms with E-state index in [4.69, 9.17) is 43.1 Å². The monoisotopic (exact) mass is 682 g/mol. The minimum atomic E-state index is -0.0607. The zero-order chi connectivity index (χ0) is 33.2. The molecule has 2 N–H and O–H groups in total. The molecule has 6 heterocycles. The molecule has 2 spiro atoms. The normalized spacial score (nSPS) is 19.8. The molecule has 2 aromatic heterocycles. The van der Waals surface area contributed by atoms with Crippen LogP contribution in [0.2, 0.25) is 10.0 Å². The van der Waals surface area contributed by atoms with Crippen molar-refractivity contribution in [2.75, 3.05) is 26.2 Å². The Hall–Kier alpha value is -3.96. The molecule has 0 bridgehead atoms. The summed E-state index contributed by atoms with van der Waals surface area (Å²) in [5, 5.41) is 7.36. The fourth-order valence-corrected chi connectivity index (χ4v) is 8.40. The van der Waals surface area contributed by atoms with Crippen LogP contribution in [0.4, 0.5) is 0 Å². The Labute approximate surface area is 289 Å². The van der Waals surface area contributed by atoms with Crippen LogP contribution in [0.3, 0.4) is 0 Å². The van der Waals surface area contributed by atoms with E-state index in [0.29, 0.717) is 47.4 Å². The maximum atomic E-state index is 11.7. The van der Waals surface area contributed by atoms with Gasteiger partial charge >= 0.3 is 0 Å². The van der Waals surface area contributed by atoms with Gasteiger partial charge < -0.3 is 10.6 Å². The molecule has 10 nitrogen and oxygen atoms in total. The molecular weight excluding hydrogens is 647 g/mol. The highest BCUT2D eigenvalue weighted by Gasteiger charge is 2.48. The van der Waals surface area contributed by atoms with E-state index in [9.17, 15) is 9.59 Å². The average molecular weight is 684 g/mol. The second kappa shape index (κ2) is 11.9. The molecule has 0 radical (unpaired) electrons. The number of nitrogens with zero attached hydrogens (tertiary/aromatic N) is 6. The van der Waals surface area contributed by atoms with E-state index in [0.717, 1.165) is 84.1 Å². The lowest BCUT2D eigenvalue weighted by Gasteiger charge is -2.47. The Kier molecular flexibility index (Phi) is 7.75. The van der Waals surface area contributed by atoms with E-state index in [2.05, 4.69) is 20.4 Å². The molecule has 246 valence electrons. The molecule has 12 heteroatoms. The van der Waals surface area contributed by atoms with Gasteiger partial charge in [0.25, 0.3) is 0 Å².